The Balaban J connectivity index is 1.78. The van der Waals surface area contributed by atoms with Gasteiger partial charge in [0, 0.05) is 6.20 Å². The summed E-state index contributed by atoms with van der Waals surface area (Å²) in [5.41, 5.74) is 6.12. The largest absolute Gasteiger partial charge is 0.494 e. The fraction of sp³-hybridized carbons (Fsp3) is 0.211. The Bertz CT molecular complexity index is 926. The van der Waals surface area contributed by atoms with Gasteiger partial charge in [-0.3, -0.25) is 9.20 Å². The lowest BCUT2D eigenvalue weighted by molar-refractivity contribution is 0.0948. The van der Waals surface area contributed by atoms with Crippen molar-refractivity contribution in [3.8, 4) is 5.75 Å². The maximum Gasteiger partial charge on any atom is 0.290 e. The second-order valence-electron chi connectivity index (χ2n) is 5.57. The van der Waals surface area contributed by atoms with Crippen molar-refractivity contribution in [1.29, 1.82) is 0 Å². The fourth-order valence-corrected chi connectivity index (χ4v) is 2.60. The molecule has 0 saturated heterocycles. The van der Waals surface area contributed by atoms with Crippen LogP contribution in [-0.4, -0.2) is 27.6 Å². The van der Waals surface area contributed by atoms with Crippen LogP contribution < -0.4 is 10.2 Å². The first-order valence-corrected chi connectivity index (χ1v) is 8.11. The lowest BCUT2D eigenvalue weighted by atomic mass is 10.1. The molecule has 3 rings (SSSR count). The number of nitrogens with zero attached hydrogens (tertiary/aromatic N) is 3. The minimum Gasteiger partial charge on any atom is -0.494 e. The number of imidazole rings is 1. The molecule has 0 atom stereocenters. The lowest BCUT2D eigenvalue weighted by Crippen LogP contribution is -2.21. The minimum atomic E-state index is -0.290. The van der Waals surface area contributed by atoms with Gasteiger partial charge in [0.15, 0.2) is 0 Å². The summed E-state index contributed by atoms with van der Waals surface area (Å²) in [5.74, 6) is 0.519. The summed E-state index contributed by atoms with van der Waals surface area (Å²) in [6.07, 6.45) is 1.81. The summed E-state index contributed by atoms with van der Waals surface area (Å²) in [6.45, 7) is 6.22. The average Bonchev–Trinajstić information content (AvgIpc) is 2.96. The molecule has 0 aliphatic carbocycles. The molecule has 0 fully saturated rings. The van der Waals surface area contributed by atoms with Gasteiger partial charge in [-0.05, 0) is 62.7 Å². The summed E-state index contributed by atoms with van der Waals surface area (Å²) in [6, 6.07) is 13.2. The van der Waals surface area contributed by atoms with Crippen LogP contribution in [0.15, 0.2) is 53.8 Å². The van der Waals surface area contributed by atoms with E-state index < -0.39 is 0 Å². The fourth-order valence-electron chi connectivity index (χ4n) is 2.60. The van der Waals surface area contributed by atoms with Crippen molar-refractivity contribution in [2.45, 2.75) is 20.8 Å². The SMILES string of the molecule is CCOc1ccc(/C(C)=N\NC(=O)c2c(C)nc3ccccn23)cc1. The summed E-state index contributed by atoms with van der Waals surface area (Å²) < 4.78 is 7.18. The number of fused-ring (bicyclic) bond motifs is 1. The highest BCUT2D eigenvalue weighted by molar-refractivity contribution is 6.01. The van der Waals surface area contributed by atoms with Crippen LogP contribution in [0, 0.1) is 6.92 Å². The van der Waals surface area contributed by atoms with E-state index in [1.165, 1.54) is 0 Å². The second kappa shape index (κ2) is 7.17. The van der Waals surface area contributed by atoms with Crippen LogP contribution in [0.1, 0.15) is 35.6 Å². The van der Waals surface area contributed by atoms with E-state index >= 15 is 0 Å². The summed E-state index contributed by atoms with van der Waals surface area (Å²) in [7, 11) is 0. The third kappa shape index (κ3) is 3.52. The predicted molar refractivity (Wildman–Crippen MR) is 97.2 cm³/mol. The number of carbonyl (C=O) groups is 1. The molecule has 128 valence electrons. The zero-order chi connectivity index (χ0) is 17.8. The molecule has 6 heteroatoms. The molecule has 1 N–H and O–H groups in total. The molecular formula is C19H20N4O2. The Labute approximate surface area is 146 Å². The van der Waals surface area contributed by atoms with Gasteiger partial charge in [0.05, 0.1) is 18.0 Å². The third-order valence-electron chi connectivity index (χ3n) is 3.83. The Morgan fingerprint density at radius 2 is 2.00 bits per heavy atom. The van der Waals surface area contributed by atoms with E-state index in [1.54, 1.807) is 4.40 Å². The third-order valence-corrected chi connectivity index (χ3v) is 3.83. The number of ether oxygens (including phenoxy) is 1. The highest BCUT2D eigenvalue weighted by Crippen LogP contribution is 2.13. The van der Waals surface area contributed by atoms with Crippen molar-refractivity contribution in [1.82, 2.24) is 14.8 Å². The number of nitrogens with one attached hydrogen (secondary N) is 1. The smallest absolute Gasteiger partial charge is 0.290 e. The molecule has 0 aliphatic heterocycles. The topological polar surface area (TPSA) is 68.0 Å². The Kier molecular flexibility index (Phi) is 4.79. The molecule has 2 aromatic heterocycles. The van der Waals surface area contributed by atoms with E-state index in [2.05, 4.69) is 15.5 Å². The van der Waals surface area contributed by atoms with Gasteiger partial charge in [-0.15, -0.1) is 0 Å². The molecule has 0 spiro atoms. The average molecular weight is 336 g/mol. The molecule has 2 heterocycles. The number of hydrogen-bond acceptors (Lipinski definition) is 4. The molecule has 0 unspecified atom stereocenters. The maximum absolute atomic E-state index is 12.5. The summed E-state index contributed by atoms with van der Waals surface area (Å²) in [5, 5.41) is 4.21. The first kappa shape index (κ1) is 16.7. The number of aryl methyl sites for hydroxylation is 1. The maximum atomic E-state index is 12.5. The van der Waals surface area contributed by atoms with Crippen LogP contribution in [0.5, 0.6) is 5.75 Å². The lowest BCUT2D eigenvalue weighted by Gasteiger charge is -2.06. The Morgan fingerprint density at radius 3 is 2.72 bits per heavy atom. The number of hydrogen-bond donors (Lipinski definition) is 1. The molecule has 0 saturated carbocycles. The summed E-state index contributed by atoms with van der Waals surface area (Å²) in [4.78, 5) is 16.9. The molecule has 0 bridgehead atoms. The molecule has 0 aliphatic rings. The van der Waals surface area contributed by atoms with Gasteiger partial charge in [0.25, 0.3) is 5.91 Å². The number of hydrazone groups is 1. The van der Waals surface area contributed by atoms with Gasteiger partial charge < -0.3 is 4.74 Å². The van der Waals surface area contributed by atoms with E-state index in [9.17, 15) is 4.79 Å². The zero-order valence-electron chi connectivity index (χ0n) is 14.5. The van der Waals surface area contributed by atoms with E-state index in [0.717, 1.165) is 17.0 Å². The van der Waals surface area contributed by atoms with Crippen LogP contribution in [-0.2, 0) is 0 Å². The van der Waals surface area contributed by atoms with E-state index in [-0.39, 0.29) is 5.91 Å². The van der Waals surface area contributed by atoms with Crippen LogP contribution in [0.25, 0.3) is 5.65 Å². The van der Waals surface area contributed by atoms with Crippen LogP contribution in [0.4, 0.5) is 0 Å². The monoisotopic (exact) mass is 336 g/mol. The number of carbonyl (C=O) groups excluding carboxylic acids is 1. The standard InChI is InChI=1S/C19H20N4O2/c1-4-25-16-10-8-15(9-11-16)13(2)21-22-19(24)18-14(3)20-17-7-5-6-12-23(17)18/h5-12H,4H2,1-3H3,(H,22,24)/b21-13-. The quantitative estimate of drug-likeness (QED) is 0.575. The van der Waals surface area contributed by atoms with Gasteiger partial charge in [-0.2, -0.15) is 5.10 Å². The van der Waals surface area contributed by atoms with Gasteiger partial charge in [0.1, 0.15) is 17.1 Å². The molecule has 0 radical (unpaired) electrons. The molecule has 3 aromatic rings. The van der Waals surface area contributed by atoms with Crippen molar-refractivity contribution in [2.75, 3.05) is 6.61 Å². The highest BCUT2D eigenvalue weighted by Gasteiger charge is 2.15. The van der Waals surface area contributed by atoms with Gasteiger partial charge in [-0.1, -0.05) is 6.07 Å². The molecule has 25 heavy (non-hydrogen) atoms. The molecule has 1 amide bonds. The number of pyridine rings is 1. The van der Waals surface area contributed by atoms with Crippen molar-refractivity contribution >= 4 is 17.3 Å². The van der Waals surface area contributed by atoms with Crippen LogP contribution in [0.3, 0.4) is 0 Å². The van der Waals surface area contributed by atoms with E-state index in [1.807, 2.05) is 69.4 Å². The van der Waals surface area contributed by atoms with Crippen LogP contribution >= 0.6 is 0 Å². The second-order valence-corrected chi connectivity index (χ2v) is 5.57. The zero-order valence-corrected chi connectivity index (χ0v) is 14.5. The predicted octanol–water partition coefficient (Wildman–Crippen LogP) is 3.20. The van der Waals surface area contributed by atoms with Crippen molar-refractivity contribution < 1.29 is 9.53 Å². The molecular weight excluding hydrogens is 316 g/mol. The minimum absolute atomic E-state index is 0.290. The summed E-state index contributed by atoms with van der Waals surface area (Å²) >= 11 is 0. The van der Waals surface area contributed by atoms with E-state index in [0.29, 0.717) is 23.7 Å². The van der Waals surface area contributed by atoms with Crippen molar-refractivity contribution in [3.63, 3.8) is 0 Å². The molecule has 6 nitrogen and oxygen atoms in total. The van der Waals surface area contributed by atoms with Gasteiger partial charge in [-0.25, -0.2) is 10.4 Å². The highest BCUT2D eigenvalue weighted by atomic mass is 16.5. The van der Waals surface area contributed by atoms with Crippen LogP contribution in [0.2, 0.25) is 0 Å². The Morgan fingerprint density at radius 1 is 1.24 bits per heavy atom. The number of benzene rings is 1. The molecule has 1 aromatic carbocycles. The number of aromatic nitrogens is 2. The first-order valence-electron chi connectivity index (χ1n) is 8.11. The number of amides is 1. The first-order chi connectivity index (χ1) is 12.1. The van der Waals surface area contributed by atoms with E-state index in [4.69, 9.17) is 4.74 Å². The normalized spacial score (nSPS) is 11.6. The van der Waals surface area contributed by atoms with Crippen molar-refractivity contribution in [3.05, 3.63) is 65.6 Å². The number of rotatable bonds is 5. The van der Waals surface area contributed by atoms with Gasteiger partial charge >= 0.3 is 0 Å². The van der Waals surface area contributed by atoms with Crippen molar-refractivity contribution in [2.24, 2.45) is 5.10 Å². The Hall–Kier alpha value is -3.15. The van der Waals surface area contributed by atoms with Gasteiger partial charge in [0.2, 0.25) is 0 Å².